The van der Waals surface area contributed by atoms with E-state index in [0.717, 1.165) is 75.6 Å². The van der Waals surface area contributed by atoms with Gasteiger partial charge in [-0.1, -0.05) is 64.1 Å². The zero-order chi connectivity index (χ0) is 52.2. The first-order valence-electron chi connectivity index (χ1n) is 25.2. The number of hydrogen-bond donors (Lipinski definition) is 2. The van der Waals surface area contributed by atoms with E-state index in [1.807, 2.05) is 71.7 Å². The largest absolute Gasteiger partial charge is 0.369 e. The fourth-order valence-corrected chi connectivity index (χ4v) is 9.85. The molecule has 10 rings (SSSR count). The van der Waals surface area contributed by atoms with Crippen molar-refractivity contribution in [2.24, 2.45) is 11.8 Å². The Bertz CT molecular complexity index is 3210. The van der Waals surface area contributed by atoms with E-state index in [2.05, 4.69) is 58.3 Å². The zero-order valence-corrected chi connectivity index (χ0v) is 42.4. The normalized spacial score (nSPS) is 15.0. The van der Waals surface area contributed by atoms with Gasteiger partial charge in [0, 0.05) is 86.5 Å². The average molecular weight is 1010 g/mol. The summed E-state index contributed by atoms with van der Waals surface area (Å²) in [4.78, 5) is 30.3. The van der Waals surface area contributed by atoms with Crippen molar-refractivity contribution >= 4 is 11.6 Å². The van der Waals surface area contributed by atoms with Gasteiger partial charge >= 0.3 is 0 Å². The topological polar surface area (TPSA) is 136 Å². The van der Waals surface area contributed by atoms with Crippen molar-refractivity contribution in [3.63, 3.8) is 0 Å². The molecule has 2 aliphatic heterocycles. The molecule has 0 saturated heterocycles. The maximum absolute atomic E-state index is 15.0. The fourth-order valence-electron chi connectivity index (χ4n) is 9.85. The Morgan fingerprint density at radius 1 is 0.527 bits per heavy atom. The quantitative estimate of drug-likeness (QED) is 0.102. The minimum absolute atomic E-state index is 0.177. The van der Waals surface area contributed by atoms with Crippen LogP contribution in [0.25, 0.3) is 56.4 Å². The van der Waals surface area contributed by atoms with Gasteiger partial charge in [0.1, 0.15) is 46.3 Å². The van der Waals surface area contributed by atoms with Crippen LogP contribution in [0.1, 0.15) is 38.8 Å². The first-order chi connectivity index (χ1) is 35.8. The van der Waals surface area contributed by atoms with Gasteiger partial charge in [-0.2, -0.15) is 29.8 Å². The Hall–Kier alpha value is -7.70. The number of aryl methyl sites for hydroxylation is 2. The van der Waals surface area contributed by atoms with Gasteiger partial charge in [-0.25, -0.2) is 26.9 Å². The third-order valence-corrected chi connectivity index (χ3v) is 13.9. The number of fused-ring (bicyclic) bond motifs is 2. The maximum atomic E-state index is 15.0. The molecule has 0 radical (unpaired) electrons. The van der Waals surface area contributed by atoms with Crippen LogP contribution >= 0.6 is 0 Å². The van der Waals surface area contributed by atoms with Crippen LogP contribution in [0.3, 0.4) is 0 Å². The zero-order valence-electron chi connectivity index (χ0n) is 42.4. The summed E-state index contributed by atoms with van der Waals surface area (Å²) < 4.78 is 63.9. The molecule has 14 nitrogen and oxygen atoms in total. The summed E-state index contributed by atoms with van der Waals surface area (Å²) in [6, 6.07) is 28.1. The number of para-hydroxylation sites is 2. The minimum Gasteiger partial charge on any atom is -0.369 e. The van der Waals surface area contributed by atoms with Gasteiger partial charge in [-0.05, 0) is 99.7 Å². The lowest BCUT2D eigenvalue weighted by Gasteiger charge is -2.30. The molecule has 2 atom stereocenters. The summed E-state index contributed by atoms with van der Waals surface area (Å²) in [7, 11) is 0. The second-order valence-corrected chi connectivity index (χ2v) is 18.7. The van der Waals surface area contributed by atoms with Gasteiger partial charge in [0.2, 0.25) is 0 Å². The van der Waals surface area contributed by atoms with Gasteiger partial charge in [-0.15, -0.1) is 0 Å². The van der Waals surface area contributed by atoms with E-state index in [1.165, 1.54) is 45.8 Å². The number of benzene rings is 4. The molecule has 0 bridgehead atoms. The number of aromatic nitrogens is 8. The highest BCUT2D eigenvalue weighted by Gasteiger charge is 2.32. The average Bonchev–Trinajstić information content (AvgIpc) is 3.96. The number of hydrogen-bond acceptors (Lipinski definition) is 10. The molecule has 4 aromatic carbocycles. The van der Waals surface area contributed by atoms with Crippen LogP contribution in [0.2, 0.25) is 0 Å². The molecule has 0 spiro atoms. The standard InChI is InChI=1S/2C28H30F2N6O/c2*1-4-34(5-2)16-19-15-31-28-26(27(33-35(28)17-19)21-11-10-20(29)14-22(21)30)23-12-13-25(37)36(32-23)24-9-7-6-8-18(24)3/h2*6-14,19,31H,4-5,15-17H2,1-3H3. The Morgan fingerprint density at radius 2 is 0.919 bits per heavy atom. The molecule has 384 valence electrons. The lowest BCUT2D eigenvalue weighted by molar-refractivity contribution is 0.235. The number of halogens is 4. The molecule has 74 heavy (non-hydrogen) atoms. The Kier molecular flexibility index (Phi) is 15.4. The van der Waals surface area contributed by atoms with Crippen LogP contribution in [0, 0.1) is 49.0 Å². The second-order valence-electron chi connectivity index (χ2n) is 18.7. The lowest BCUT2D eigenvalue weighted by atomic mass is 10.0. The Balaban J connectivity index is 0.000000182. The highest BCUT2D eigenvalue weighted by atomic mass is 19.1. The molecule has 6 heterocycles. The molecule has 2 aliphatic rings. The van der Waals surface area contributed by atoms with E-state index < -0.39 is 23.3 Å². The van der Waals surface area contributed by atoms with E-state index in [1.54, 1.807) is 12.1 Å². The SMILES string of the molecule is CCN(CC)CC1CNc2c(-c3ccc(=O)n(-c4ccccc4C)n3)c(-c3ccc(F)cc3F)nn2C1.CCN(CC)CC1CNc2c(-c3ccc(=O)n(-c4ccccc4C)n3)c(-c3ccc(F)cc3F)nn2C1. The van der Waals surface area contributed by atoms with Crippen molar-refractivity contribution in [3.05, 3.63) is 164 Å². The summed E-state index contributed by atoms with van der Waals surface area (Å²) in [6.07, 6.45) is 0. The monoisotopic (exact) mass is 1010 g/mol. The van der Waals surface area contributed by atoms with E-state index in [-0.39, 0.29) is 22.2 Å². The summed E-state index contributed by atoms with van der Waals surface area (Å²) in [5.74, 6) is -0.702. The molecular formula is C56H60F4N12O2. The first-order valence-corrected chi connectivity index (χ1v) is 25.2. The molecule has 0 aliphatic carbocycles. The van der Waals surface area contributed by atoms with Crippen LogP contribution < -0.4 is 21.8 Å². The van der Waals surface area contributed by atoms with Crippen molar-refractivity contribution in [2.45, 2.75) is 54.6 Å². The van der Waals surface area contributed by atoms with Crippen LogP contribution in [-0.2, 0) is 13.1 Å². The molecule has 2 N–H and O–H groups in total. The van der Waals surface area contributed by atoms with Crippen molar-refractivity contribution < 1.29 is 17.6 Å². The van der Waals surface area contributed by atoms with Gasteiger partial charge in [0.05, 0.1) is 33.9 Å². The first kappa shape index (κ1) is 51.2. The predicted molar refractivity (Wildman–Crippen MR) is 282 cm³/mol. The number of nitrogens with zero attached hydrogens (tertiary/aromatic N) is 10. The summed E-state index contributed by atoms with van der Waals surface area (Å²) in [6.45, 7) is 20.8. The number of nitrogens with one attached hydrogen (secondary N) is 2. The lowest BCUT2D eigenvalue weighted by Crippen LogP contribution is -2.38. The smallest absolute Gasteiger partial charge is 0.271 e. The summed E-state index contributed by atoms with van der Waals surface area (Å²) in [5, 5.41) is 25.9. The molecule has 0 fully saturated rings. The van der Waals surface area contributed by atoms with Gasteiger partial charge in [0.15, 0.2) is 0 Å². The van der Waals surface area contributed by atoms with Crippen molar-refractivity contribution in [2.75, 3.05) is 63.0 Å². The van der Waals surface area contributed by atoms with E-state index in [9.17, 15) is 18.4 Å². The third kappa shape index (κ3) is 10.5. The van der Waals surface area contributed by atoms with Crippen molar-refractivity contribution in [1.82, 2.24) is 48.9 Å². The predicted octanol–water partition coefficient (Wildman–Crippen LogP) is 9.47. The molecular weight excluding hydrogens is 949 g/mol. The number of rotatable bonds is 14. The van der Waals surface area contributed by atoms with Crippen LogP contribution in [0.15, 0.2) is 119 Å². The van der Waals surface area contributed by atoms with E-state index in [0.29, 0.717) is 81.8 Å². The molecule has 2 unspecified atom stereocenters. The van der Waals surface area contributed by atoms with Gasteiger partial charge < -0.3 is 20.4 Å². The van der Waals surface area contributed by atoms with Crippen molar-refractivity contribution in [3.8, 4) is 56.4 Å². The second kappa shape index (κ2) is 22.2. The van der Waals surface area contributed by atoms with E-state index in [4.69, 9.17) is 10.2 Å². The Labute approximate surface area is 426 Å². The highest BCUT2D eigenvalue weighted by Crippen LogP contribution is 2.41. The fraction of sp³-hybridized carbons (Fsp3) is 0.321. The minimum atomic E-state index is -0.705. The summed E-state index contributed by atoms with van der Waals surface area (Å²) >= 11 is 0. The maximum Gasteiger partial charge on any atom is 0.271 e. The van der Waals surface area contributed by atoms with E-state index >= 15 is 8.78 Å². The molecule has 8 aromatic rings. The molecule has 4 aromatic heterocycles. The summed E-state index contributed by atoms with van der Waals surface area (Å²) in [5.41, 5.74) is 5.72. The Morgan fingerprint density at radius 3 is 1.28 bits per heavy atom. The van der Waals surface area contributed by atoms with Gasteiger partial charge in [-0.3, -0.25) is 9.59 Å². The highest BCUT2D eigenvalue weighted by molar-refractivity contribution is 5.89. The molecule has 18 heteroatoms. The molecule has 0 saturated carbocycles. The van der Waals surface area contributed by atoms with Crippen LogP contribution in [0.4, 0.5) is 29.2 Å². The third-order valence-electron chi connectivity index (χ3n) is 13.9. The number of anilines is 2. The molecule has 0 amide bonds. The van der Waals surface area contributed by atoms with Gasteiger partial charge in [0.25, 0.3) is 11.1 Å². The van der Waals surface area contributed by atoms with Crippen LogP contribution in [-0.4, -0.2) is 101 Å². The van der Waals surface area contributed by atoms with Crippen molar-refractivity contribution in [1.29, 1.82) is 0 Å². The van der Waals surface area contributed by atoms with Crippen LogP contribution in [0.5, 0.6) is 0 Å².